The van der Waals surface area contributed by atoms with Gasteiger partial charge >= 0.3 is 0 Å². The van der Waals surface area contributed by atoms with Gasteiger partial charge in [0.2, 0.25) is 5.91 Å². The van der Waals surface area contributed by atoms with E-state index in [9.17, 15) is 4.79 Å². The van der Waals surface area contributed by atoms with Crippen molar-refractivity contribution in [2.75, 3.05) is 11.9 Å². The molecule has 3 nitrogen and oxygen atoms in total. The van der Waals surface area contributed by atoms with Gasteiger partial charge in [0.05, 0.1) is 6.42 Å². The van der Waals surface area contributed by atoms with Crippen molar-refractivity contribution in [1.29, 1.82) is 0 Å². The summed E-state index contributed by atoms with van der Waals surface area (Å²) < 4.78 is 0. The average Bonchev–Trinajstić information content (AvgIpc) is 2.73. The first-order chi connectivity index (χ1) is 9.10. The van der Waals surface area contributed by atoms with Crippen molar-refractivity contribution in [3.63, 3.8) is 0 Å². The fraction of sp³-hybridized carbons (Fsp3) is 0.562. The topological polar surface area (TPSA) is 41.1 Å². The Balaban J connectivity index is 2.17. The minimum absolute atomic E-state index is 0.106. The highest BCUT2D eigenvalue weighted by molar-refractivity contribution is 5.99. The maximum absolute atomic E-state index is 11.4. The lowest BCUT2D eigenvalue weighted by atomic mass is 9.95. The molecule has 1 heterocycles. The summed E-state index contributed by atoms with van der Waals surface area (Å²) in [7, 11) is 0. The molecular formula is C16H24N2O. The third kappa shape index (κ3) is 3.57. The molecule has 1 amide bonds. The van der Waals surface area contributed by atoms with E-state index in [1.54, 1.807) is 0 Å². The molecule has 0 bridgehead atoms. The van der Waals surface area contributed by atoms with Crippen molar-refractivity contribution in [2.45, 2.75) is 46.1 Å². The Hall–Kier alpha value is -1.35. The molecule has 19 heavy (non-hydrogen) atoms. The van der Waals surface area contributed by atoms with Crippen LogP contribution in [0.25, 0.3) is 0 Å². The fourth-order valence-corrected chi connectivity index (χ4v) is 2.59. The lowest BCUT2D eigenvalue weighted by Crippen LogP contribution is -2.23. The first-order valence-electron chi connectivity index (χ1n) is 7.26. The molecule has 1 aliphatic rings. The second-order valence-electron chi connectivity index (χ2n) is 5.78. The predicted octanol–water partition coefficient (Wildman–Crippen LogP) is 3.27. The maximum Gasteiger partial charge on any atom is 0.228 e. The van der Waals surface area contributed by atoms with Gasteiger partial charge in [-0.05, 0) is 42.5 Å². The largest absolute Gasteiger partial charge is 0.326 e. The van der Waals surface area contributed by atoms with Crippen molar-refractivity contribution < 1.29 is 4.79 Å². The fourth-order valence-electron chi connectivity index (χ4n) is 2.59. The van der Waals surface area contributed by atoms with Crippen LogP contribution in [-0.2, 0) is 11.2 Å². The number of rotatable bonds is 6. The minimum Gasteiger partial charge on any atom is -0.326 e. The van der Waals surface area contributed by atoms with Gasteiger partial charge in [-0.25, -0.2) is 0 Å². The van der Waals surface area contributed by atoms with E-state index in [2.05, 4.69) is 43.5 Å². The number of carbonyl (C=O) groups excluding carboxylic acids is 1. The van der Waals surface area contributed by atoms with Crippen LogP contribution in [0.1, 0.15) is 50.8 Å². The smallest absolute Gasteiger partial charge is 0.228 e. The third-order valence-electron chi connectivity index (χ3n) is 3.50. The van der Waals surface area contributed by atoms with Crippen LogP contribution in [0.4, 0.5) is 5.69 Å². The minimum atomic E-state index is 0.106. The van der Waals surface area contributed by atoms with Gasteiger partial charge in [0, 0.05) is 11.7 Å². The Morgan fingerprint density at radius 1 is 1.37 bits per heavy atom. The molecule has 104 valence electrons. The van der Waals surface area contributed by atoms with Crippen molar-refractivity contribution in [3.8, 4) is 0 Å². The molecule has 0 saturated carbocycles. The van der Waals surface area contributed by atoms with Gasteiger partial charge in [0.1, 0.15) is 0 Å². The monoisotopic (exact) mass is 260 g/mol. The molecule has 0 saturated heterocycles. The Bertz CT molecular complexity index is 454. The third-order valence-corrected chi connectivity index (χ3v) is 3.50. The first-order valence-corrected chi connectivity index (χ1v) is 7.26. The highest BCUT2D eigenvalue weighted by Crippen LogP contribution is 2.29. The van der Waals surface area contributed by atoms with Crippen LogP contribution in [0.2, 0.25) is 0 Å². The summed E-state index contributed by atoms with van der Waals surface area (Å²) in [5, 5.41) is 6.50. The number of benzene rings is 1. The number of nitrogens with one attached hydrogen (secondary N) is 2. The summed E-state index contributed by atoms with van der Waals surface area (Å²) in [5.74, 6) is 0.761. The van der Waals surface area contributed by atoms with E-state index in [1.807, 2.05) is 6.07 Å². The molecular weight excluding hydrogens is 236 g/mol. The maximum atomic E-state index is 11.4. The van der Waals surface area contributed by atoms with Crippen LogP contribution < -0.4 is 10.6 Å². The zero-order chi connectivity index (χ0) is 13.8. The number of amides is 1. The van der Waals surface area contributed by atoms with Gasteiger partial charge in [0.25, 0.3) is 0 Å². The molecule has 2 rings (SSSR count). The number of fused-ring (bicyclic) bond motifs is 1. The highest BCUT2D eigenvalue weighted by Gasteiger charge is 2.20. The number of hydrogen-bond acceptors (Lipinski definition) is 2. The molecule has 3 heteroatoms. The first kappa shape index (κ1) is 14.1. The predicted molar refractivity (Wildman–Crippen MR) is 79.3 cm³/mol. The van der Waals surface area contributed by atoms with Crippen molar-refractivity contribution >= 4 is 11.6 Å². The molecule has 0 radical (unpaired) electrons. The van der Waals surface area contributed by atoms with Crippen LogP contribution in [0.5, 0.6) is 0 Å². The summed E-state index contributed by atoms with van der Waals surface area (Å²) in [6.45, 7) is 7.72. The second kappa shape index (κ2) is 6.20. The van der Waals surface area contributed by atoms with E-state index < -0.39 is 0 Å². The van der Waals surface area contributed by atoms with E-state index in [0.29, 0.717) is 18.4 Å². The Morgan fingerprint density at radius 3 is 2.84 bits per heavy atom. The standard InChI is InChI=1S/C16H24N2O/c1-4-7-17-15(8-11(2)3)12-5-6-14-13(9-12)10-16(19)18-14/h5-6,9,11,15,17H,4,7-8,10H2,1-3H3,(H,18,19). The van der Waals surface area contributed by atoms with Gasteiger partial charge in [-0.1, -0.05) is 32.9 Å². The van der Waals surface area contributed by atoms with Gasteiger partial charge in [-0.15, -0.1) is 0 Å². The van der Waals surface area contributed by atoms with Gasteiger partial charge in [-0.2, -0.15) is 0 Å². The Morgan fingerprint density at radius 2 is 2.16 bits per heavy atom. The molecule has 0 aliphatic carbocycles. The number of hydrogen-bond donors (Lipinski definition) is 2. The summed E-state index contributed by atoms with van der Waals surface area (Å²) in [6.07, 6.45) is 2.78. The van der Waals surface area contributed by atoms with Gasteiger partial charge in [0.15, 0.2) is 0 Å². The number of carbonyl (C=O) groups is 1. The second-order valence-corrected chi connectivity index (χ2v) is 5.78. The summed E-state index contributed by atoms with van der Waals surface area (Å²) in [5.41, 5.74) is 3.42. The summed E-state index contributed by atoms with van der Waals surface area (Å²) >= 11 is 0. The molecule has 1 aromatic carbocycles. The number of anilines is 1. The van der Waals surface area contributed by atoms with E-state index in [0.717, 1.165) is 30.6 Å². The van der Waals surface area contributed by atoms with E-state index >= 15 is 0 Å². The van der Waals surface area contributed by atoms with Crippen LogP contribution in [0.15, 0.2) is 18.2 Å². The molecule has 1 aliphatic heterocycles. The summed E-state index contributed by atoms with van der Waals surface area (Å²) in [6, 6.07) is 6.75. The Kier molecular flexibility index (Phi) is 4.59. The quantitative estimate of drug-likeness (QED) is 0.824. The molecule has 2 N–H and O–H groups in total. The van der Waals surface area contributed by atoms with Gasteiger partial charge < -0.3 is 10.6 Å². The van der Waals surface area contributed by atoms with E-state index in [4.69, 9.17) is 0 Å². The average molecular weight is 260 g/mol. The molecule has 0 aromatic heterocycles. The van der Waals surface area contributed by atoms with Crippen LogP contribution in [-0.4, -0.2) is 12.5 Å². The van der Waals surface area contributed by atoms with Crippen molar-refractivity contribution in [2.24, 2.45) is 5.92 Å². The van der Waals surface area contributed by atoms with Crippen LogP contribution in [0, 0.1) is 5.92 Å². The molecule has 0 spiro atoms. The van der Waals surface area contributed by atoms with E-state index in [1.165, 1.54) is 5.56 Å². The lowest BCUT2D eigenvalue weighted by Gasteiger charge is -2.21. The highest BCUT2D eigenvalue weighted by atomic mass is 16.1. The molecule has 1 unspecified atom stereocenters. The van der Waals surface area contributed by atoms with Crippen LogP contribution >= 0.6 is 0 Å². The Labute approximate surface area is 115 Å². The molecule has 0 fully saturated rings. The van der Waals surface area contributed by atoms with Gasteiger partial charge in [-0.3, -0.25) is 4.79 Å². The van der Waals surface area contributed by atoms with Crippen LogP contribution in [0.3, 0.4) is 0 Å². The molecule has 1 aromatic rings. The van der Waals surface area contributed by atoms with Crippen molar-refractivity contribution in [1.82, 2.24) is 5.32 Å². The summed E-state index contributed by atoms with van der Waals surface area (Å²) in [4.78, 5) is 11.4. The zero-order valence-corrected chi connectivity index (χ0v) is 12.1. The van der Waals surface area contributed by atoms with Crippen molar-refractivity contribution in [3.05, 3.63) is 29.3 Å². The normalized spacial score (nSPS) is 15.5. The van der Waals surface area contributed by atoms with E-state index in [-0.39, 0.29) is 5.91 Å². The SMILES string of the molecule is CCCNC(CC(C)C)c1ccc2c(c1)CC(=O)N2. The molecule has 1 atom stereocenters. The lowest BCUT2D eigenvalue weighted by molar-refractivity contribution is -0.115. The zero-order valence-electron chi connectivity index (χ0n) is 12.1.